The highest BCUT2D eigenvalue weighted by molar-refractivity contribution is 5.69. The van der Waals surface area contributed by atoms with Gasteiger partial charge in [-0.1, -0.05) is 6.07 Å². The van der Waals surface area contributed by atoms with E-state index in [0.29, 0.717) is 6.54 Å². The minimum atomic E-state index is -0.452. The molecular weight excluding hydrogens is 228 g/mol. The summed E-state index contributed by atoms with van der Waals surface area (Å²) in [6.45, 7) is 8.26. The van der Waals surface area contributed by atoms with E-state index in [9.17, 15) is 4.79 Å². The molecule has 0 bridgehead atoms. The van der Waals surface area contributed by atoms with Gasteiger partial charge in [0.05, 0.1) is 6.54 Å². The van der Waals surface area contributed by atoms with E-state index in [2.05, 4.69) is 4.98 Å². The van der Waals surface area contributed by atoms with Gasteiger partial charge in [-0.25, -0.2) is 4.79 Å². The Morgan fingerprint density at radius 2 is 2.22 bits per heavy atom. The van der Waals surface area contributed by atoms with Crippen LogP contribution in [0.2, 0.25) is 0 Å². The van der Waals surface area contributed by atoms with Gasteiger partial charge >= 0.3 is 6.09 Å². The average Bonchev–Trinajstić information content (AvgIpc) is 2.25. The number of pyridine rings is 1. The van der Waals surface area contributed by atoms with Gasteiger partial charge in [-0.3, -0.25) is 4.98 Å². The number of carbonyl (C=O) groups excluding carboxylic acids is 1. The summed E-state index contributed by atoms with van der Waals surface area (Å²) < 4.78 is 5.43. The predicted molar refractivity (Wildman–Crippen MR) is 69.2 cm³/mol. The molecule has 0 N–H and O–H groups in total. The normalized spacial score (nSPS) is 19.3. The van der Waals surface area contributed by atoms with E-state index in [1.807, 2.05) is 39.8 Å². The van der Waals surface area contributed by atoms with Gasteiger partial charge in [0.1, 0.15) is 5.60 Å². The van der Waals surface area contributed by atoms with E-state index in [4.69, 9.17) is 4.74 Å². The Morgan fingerprint density at radius 1 is 1.50 bits per heavy atom. The van der Waals surface area contributed by atoms with E-state index in [-0.39, 0.29) is 12.1 Å². The van der Waals surface area contributed by atoms with Crippen LogP contribution in [-0.2, 0) is 17.7 Å². The van der Waals surface area contributed by atoms with E-state index in [1.165, 1.54) is 0 Å². The number of hydrogen-bond donors (Lipinski definition) is 0. The van der Waals surface area contributed by atoms with Crippen molar-refractivity contribution in [2.45, 2.75) is 52.3 Å². The monoisotopic (exact) mass is 248 g/mol. The van der Waals surface area contributed by atoms with Gasteiger partial charge < -0.3 is 9.64 Å². The Bertz CT molecular complexity index is 451. The molecule has 1 aliphatic rings. The van der Waals surface area contributed by atoms with Gasteiger partial charge in [0, 0.05) is 24.4 Å². The molecule has 1 aliphatic heterocycles. The second-order valence-electron chi connectivity index (χ2n) is 5.77. The Balaban J connectivity index is 2.14. The summed E-state index contributed by atoms with van der Waals surface area (Å²) >= 11 is 0. The van der Waals surface area contributed by atoms with Crippen molar-refractivity contribution >= 4 is 6.09 Å². The molecule has 1 aromatic heterocycles. The third-order valence-corrected chi connectivity index (χ3v) is 2.97. The molecule has 1 unspecified atom stereocenters. The number of amides is 1. The summed E-state index contributed by atoms with van der Waals surface area (Å²) in [6, 6.07) is 4.05. The zero-order chi connectivity index (χ0) is 13.3. The first kappa shape index (κ1) is 12.9. The van der Waals surface area contributed by atoms with Crippen molar-refractivity contribution in [2.24, 2.45) is 0 Å². The van der Waals surface area contributed by atoms with Gasteiger partial charge in [0.15, 0.2) is 0 Å². The summed E-state index contributed by atoms with van der Waals surface area (Å²) in [4.78, 5) is 18.2. The van der Waals surface area contributed by atoms with Crippen LogP contribution in [0.15, 0.2) is 18.3 Å². The lowest BCUT2D eigenvalue weighted by Crippen LogP contribution is -2.45. The molecule has 1 aromatic rings. The zero-order valence-corrected chi connectivity index (χ0v) is 11.4. The minimum Gasteiger partial charge on any atom is -0.444 e. The topological polar surface area (TPSA) is 42.4 Å². The first-order valence-electron chi connectivity index (χ1n) is 6.29. The summed E-state index contributed by atoms with van der Waals surface area (Å²) in [6.07, 6.45) is 2.34. The van der Waals surface area contributed by atoms with Gasteiger partial charge in [-0.15, -0.1) is 0 Å². The Morgan fingerprint density at radius 3 is 2.89 bits per heavy atom. The summed E-state index contributed by atoms with van der Waals surface area (Å²) in [5, 5.41) is 0. The second-order valence-corrected chi connectivity index (χ2v) is 5.77. The molecule has 0 fully saturated rings. The molecule has 1 atom stereocenters. The highest BCUT2D eigenvalue weighted by Gasteiger charge is 2.30. The molecule has 0 saturated heterocycles. The van der Waals surface area contributed by atoms with Crippen molar-refractivity contribution in [3.05, 3.63) is 29.6 Å². The second kappa shape index (κ2) is 4.59. The minimum absolute atomic E-state index is 0.127. The van der Waals surface area contributed by atoms with Crippen molar-refractivity contribution in [1.29, 1.82) is 0 Å². The largest absolute Gasteiger partial charge is 0.444 e. The third-order valence-electron chi connectivity index (χ3n) is 2.97. The van der Waals surface area contributed by atoms with Crippen molar-refractivity contribution in [3.63, 3.8) is 0 Å². The van der Waals surface area contributed by atoms with Gasteiger partial charge in [0.25, 0.3) is 0 Å². The number of nitrogens with zero attached hydrogens (tertiary/aromatic N) is 2. The highest BCUT2D eigenvalue weighted by Crippen LogP contribution is 2.23. The number of carbonyl (C=O) groups is 1. The molecule has 1 amide bonds. The average molecular weight is 248 g/mol. The first-order chi connectivity index (χ1) is 8.37. The van der Waals surface area contributed by atoms with Crippen LogP contribution in [0.4, 0.5) is 4.79 Å². The highest BCUT2D eigenvalue weighted by atomic mass is 16.6. The van der Waals surface area contributed by atoms with Crippen LogP contribution in [0.25, 0.3) is 0 Å². The lowest BCUT2D eigenvalue weighted by molar-refractivity contribution is 0.0136. The SMILES string of the molecule is CC1Cc2ncccc2CN1C(=O)OC(C)(C)C. The summed E-state index contributed by atoms with van der Waals surface area (Å²) in [5.41, 5.74) is 1.75. The summed E-state index contributed by atoms with van der Waals surface area (Å²) in [5.74, 6) is 0. The standard InChI is InChI=1S/C14H20N2O2/c1-10-8-12-11(6-5-7-15-12)9-16(10)13(17)18-14(2,3)4/h5-7,10H,8-9H2,1-4H3. The lowest BCUT2D eigenvalue weighted by atomic mass is 10.0. The quantitative estimate of drug-likeness (QED) is 0.709. The maximum atomic E-state index is 12.1. The van der Waals surface area contributed by atoms with Crippen LogP contribution >= 0.6 is 0 Å². The molecule has 0 aromatic carbocycles. The van der Waals surface area contributed by atoms with Crippen LogP contribution in [0.3, 0.4) is 0 Å². The molecule has 4 nitrogen and oxygen atoms in total. The van der Waals surface area contributed by atoms with E-state index < -0.39 is 5.60 Å². The van der Waals surface area contributed by atoms with E-state index >= 15 is 0 Å². The van der Waals surface area contributed by atoms with E-state index in [0.717, 1.165) is 17.7 Å². The Labute approximate surface area is 108 Å². The first-order valence-corrected chi connectivity index (χ1v) is 6.29. The van der Waals surface area contributed by atoms with Crippen LogP contribution < -0.4 is 0 Å². The maximum absolute atomic E-state index is 12.1. The molecule has 0 aliphatic carbocycles. The van der Waals surface area contributed by atoms with Gasteiger partial charge in [-0.05, 0) is 39.3 Å². The number of aromatic nitrogens is 1. The molecule has 0 saturated carbocycles. The molecule has 4 heteroatoms. The Kier molecular flexibility index (Phi) is 3.28. The fourth-order valence-corrected chi connectivity index (χ4v) is 2.09. The van der Waals surface area contributed by atoms with Crippen molar-refractivity contribution in [1.82, 2.24) is 9.88 Å². The zero-order valence-electron chi connectivity index (χ0n) is 11.4. The predicted octanol–water partition coefficient (Wildman–Crippen LogP) is 2.76. The summed E-state index contributed by atoms with van der Waals surface area (Å²) in [7, 11) is 0. The molecule has 2 rings (SSSR count). The molecule has 0 spiro atoms. The molecule has 2 heterocycles. The lowest BCUT2D eigenvalue weighted by Gasteiger charge is -2.35. The fourth-order valence-electron chi connectivity index (χ4n) is 2.09. The number of hydrogen-bond acceptors (Lipinski definition) is 3. The van der Waals surface area contributed by atoms with Crippen LogP contribution in [0.1, 0.15) is 39.0 Å². The van der Waals surface area contributed by atoms with Crippen molar-refractivity contribution in [2.75, 3.05) is 0 Å². The van der Waals surface area contributed by atoms with Crippen LogP contribution in [0.5, 0.6) is 0 Å². The maximum Gasteiger partial charge on any atom is 0.410 e. The van der Waals surface area contributed by atoms with Crippen LogP contribution in [0, 0.1) is 0 Å². The molecule has 0 radical (unpaired) electrons. The molecule has 98 valence electrons. The smallest absolute Gasteiger partial charge is 0.410 e. The third kappa shape index (κ3) is 2.81. The number of ether oxygens (including phenoxy) is 1. The van der Waals surface area contributed by atoms with Crippen LogP contribution in [-0.4, -0.2) is 27.6 Å². The van der Waals surface area contributed by atoms with Crippen molar-refractivity contribution in [3.8, 4) is 0 Å². The fraction of sp³-hybridized carbons (Fsp3) is 0.571. The van der Waals surface area contributed by atoms with Gasteiger partial charge in [-0.2, -0.15) is 0 Å². The van der Waals surface area contributed by atoms with Gasteiger partial charge in [0.2, 0.25) is 0 Å². The molecule has 18 heavy (non-hydrogen) atoms. The van der Waals surface area contributed by atoms with E-state index in [1.54, 1.807) is 11.1 Å². The number of rotatable bonds is 0. The molecular formula is C14H20N2O2. The Hall–Kier alpha value is -1.58. The number of fused-ring (bicyclic) bond motifs is 1. The van der Waals surface area contributed by atoms with Crippen molar-refractivity contribution < 1.29 is 9.53 Å².